The van der Waals surface area contributed by atoms with Gasteiger partial charge in [-0.3, -0.25) is 14.6 Å². The van der Waals surface area contributed by atoms with Gasteiger partial charge in [0.15, 0.2) is 5.69 Å². The van der Waals surface area contributed by atoms with Crippen LogP contribution in [0.3, 0.4) is 0 Å². The Labute approximate surface area is 173 Å². The van der Waals surface area contributed by atoms with Crippen LogP contribution < -0.4 is 5.32 Å². The van der Waals surface area contributed by atoms with Crippen LogP contribution in [0.2, 0.25) is 0 Å². The van der Waals surface area contributed by atoms with Gasteiger partial charge in [0, 0.05) is 45.9 Å². The molecule has 3 rings (SSSR count). The van der Waals surface area contributed by atoms with E-state index in [-0.39, 0.29) is 5.91 Å². The zero-order valence-corrected chi connectivity index (χ0v) is 17.6. The standard InChI is InChI=1S/C21H36N4O4/c1-2-28-15-18(26)13-24-8-10-25(11-9-24)14-20-23-19(16-29-20)21(27)22-12-17-6-4-3-5-7-17/h16-18,26H,2-15H2,1H3,(H,22,27). The molecule has 1 aromatic rings. The fourth-order valence-corrected chi connectivity index (χ4v) is 4.13. The van der Waals surface area contributed by atoms with Crippen LogP contribution in [-0.2, 0) is 11.3 Å². The third-order valence-electron chi connectivity index (χ3n) is 5.87. The molecule has 8 nitrogen and oxygen atoms in total. The summed E-state index contributed by atoms with van der Waals surface area (Å²) in [6.45, 7) is 8.46. The van der Waals surface area contributed by atoms with Crippen molar-refractivity contribution in [3.63, 3.8) is 0 Å². The highest BCUT2D eigenvalue weighted by molar-refractivity contribution is 5.91. The van der Waals surface area contributed by atoms with Crippen molar-refractivity contribution in [3.05, 3.63) is 17.8 Å². The summed E-state index contributed by atoms with van der Waals surface area (Å²) in [7, 11) is 0. The van der Waals surface area contributed by atoms with Gasteiger partial charge >= 0.3 is 0 Å². The number of oxazole rings is 1. The van der Waals surface area contributed by atoms with Crippen molar-refractivity contribution in [2.75, 3.05) is 52.5 Å². The molecule has 2 heterocycles. The van der Waals surface area contributed by atoms with Gasteiger partial charge in [0.25, 0.3) is 5.91 Å². The highest BCUT2D eigenvalue weighted by atomic mass is 16.5. The number of ether oxygens (including phenoxy) is 1. The van der Waals surface area contributed by atoms with Gasteiger partial charge in [-0.2, -0.15) is 0 Å². The molecule has 1 unspecified atom stereocenters. The molecule has 8 heteroatoms. The molecule has 0 bridgehead atoms. The number of carbonyl (C=O) groups excluding carboxylic acids is 1. The maximum absolute atomic E-state index is 12.3. The molecule has 29 heavy (non-hydrogen) atoms. The van der Waals surface area contributed by atoms with Crippen LogP contribution >= 0.6 is 0 Å². The van der Waals surface area contributed by atoms with E-state index in [9.17, 15) is 9.90 Å². The largest absolute Gasteiger partial charge is 0.447 e. The van der Waals surface area contributed by atoms with E-state index in [1.54, 1.807) is 0 Å². The van der Waals surface area contributed by atoms with E-state index in [1.807, 2.05) is 6.92 Å². The summed E-state index contributed by atoms with van der Waals surface area (Å²) >= 11 is 0. The van der Waals surface area contributed by atoms with Crippen LogP contribution in [0.5, 0.6) is 0 Å². The summed E-state index contributed by atoms with van der Waals surface area (Å²) < 4.78 is 10.8. The second kappa shape index (κ2) is 11.6. The molecule has 0 spiro atoms. The summed E-state index contributed by atoms with van der Waals surface area (Å²) in [6, 6.07) is 0. The molecule has 0 aromatic carbocycles. The lowest BCUT2D eigenvalue weighted by atomic mass is 9.89. The summed E-state index contributed by atoms with van der Waals surface area (Å²) in [5.74, 6) is 1.04. The van der Waals surface area contributed by atoms with Gasteiger partial charge in [0.05, 0.1) is 19.3 Å². The maximum atomic E-state index is 12.3. The topological polar surface area (TPSA) is 91.1 Å². The van der Waals surface area contributed by atoms with E-state index in [2.05, 4.69) is 20.1 Å². The molecule has 1 aromatic heterocycles. The van der Waals surface area contributed by atoms with E-state index in [4.69, 9.17) is 9.15 Å². The van der Waals surface area contributed by atoms with Crippen molar-refractivity contribution < 1.29 is 19.1 Å². The van der Waals surface area contributed by atoms with Gasteiger partial charge in [0.2, 0.25) is 5.89 Å². The molecule has 1 saturated heterocycles. The predicted octanol–water partition coefficient (Wildman–Crippen LogP) is 1.50. The molecule has 2 fully saturated rings. The number of aliphatic hydroxyl groups is 1. The number of hydrogen-bond acceptors (Lipinski definition) is 7. The molecule has 1 aliphatic carbocycles. The first kappa shape index (κ1) is 22.2. The highest BCUT2D eigenvalue weighted by Gasteiger charge is 2.22. The van der Waals surface area contributed by atoms with Crippen molar-refractivity contribution in [3.8, 4) is 0 Å². The number of nitrogens with zero attached hydrogens (tertiary/aromatic N) is 3. The van der Waals surface area contributed by atoms with Crippen molar-refractivity contribution in [1.82, 2.24) is 20.1 Å². The smallest absolute Gasteiger partial charge is 0.273 e. The monoisotopic (exact) mass is 408 g/mol. The van der Waals surface area contributed by atoms with Crippen molar-refractivity contribution in [1.29, 1.82) is 0 Å². The van der Waals surface area contributed by atoms with Crippen molar-refractivity contribution >= 4 is 5.91 Å². The minimum atomic E-state index is -0.442. The maximum Gasteiger partial charge on any atom is 0.273 e. The fourth-order valence-electron chi connectivity index (χ4n) is 4.13. The molecular weight excluding hydrogens is 372 g/mol. The molecule has 1 amide bonds. The Morgan fingerprint density at radius 3 is 2.72 bits per heavy atom. The van der Waals surface area contributed by atoms with Crippen LogP contribution in [0, 0.1) is 5.92 Å². The van der Waals surface area contributed by atoms with Crippen LogP contribution in [0.1, 0.15) is 55.4 Å². The molecule has 1 aliphatic heterocycles. The average Bonchev–Trinajstić information content (AvgIpc) is 3.21. The predicted molar refractivity (Wildman–Crippen MR) is 110 cm³/mol. The number of aliphatic hydroxyl groups excluding tert-OH is 1. The first-order valence-electron chi connectivity index (χ1n) is 11.1. The zero-order chi connectivity index (χ0) is 20.5. The quantitative estimate of drug-likeness (QED) is 0.606. The number of piperazine rings is 1. The molecule has 2 N–H and O–H groups in total. The molecule has 2 aliphatic rings. The highest BCUT2D eigenvalue weighted by Crippen LogP contribution is 2.22. The lowest BCUT2D eigenvalue weighted by Gasteiger charge is -2.34. The second-order valence-corrected chi connectivity index (χ2v) is 8.23. The zero-order valence-electron chi connectivity index (χ0n) is 17.6. The number of amides is 1. The second-order valence-electron chi connectivity index (χ2n) is 8.23. The lowest BCUT2D eigenvalue weighted by Crippen LogP contribution is -2.48. The van der Waals surface area contributed by atoms with E-state index < -0.39 is 6.10 Å². The lowest BCUT2D eigenvalue weighted by molar-refractivity contribution is 0.00949. The molecule has 1 saturated carbocycles. The van der Waals surface area contributed by atoms with Crippen molar-refractivity contribution in [2.24, 2.45) is 5.92 Å². The Hall–Kier alpha value is -1.48. The van der Waals surface area contributed by atoms with Gasteiger partial charge in [-0.25, -0.2) is 4.98 Å². The number of hydrogen-bond donors (Lipinski definition) is 2. The third kappa shape index (κ3) is 7.37. The van der Waals surface area contributed by atoms with Gasteiger partial charge in [-0.1, -0.05) is 19.3 Å². The Kier molecular flexibility index (Phi) is 8.92. The first-order chi connectivity index (χ1) is 14.1. The van der Waals surface area contributed by atoms with E-state index in [0.717, 1.165) is 32.7 Å². The number of β-amino-alcohol motifs (C(OH)–C–C–N with tert-alkyl or cyclic N) is 1. The number of rotatable bonds is 10. The molecule has 1 atom stereocenters. The number of nitrogens with one attached hydrogen (secondary N) is 1. The number of carbonyl (C=O) groups is 1. The van der Waals surface area contributed by atoms with E-state index >= 15 is 0 Å². The Morgan fingerprint density at radius 2 is 2.00 bits per heavy atom. The van der Waals surface area contributed by atoms with Gasteiger partial charge < -0.3 is 19.6 Å². The van der Waals surface area contributed by atoms with Gasteiger partial charge in [0.1, 0.15) is 6.26 Å². The van der Waals surface area contributed by atoms with Crippen LogP contribution in [0.25, 0.3) is 0 Å². The first-order valence-corrected chi connectivity index (χ1v) is 11.1. The van der Waals surface area contributed by atoms with E-state index in [0.29, 0.717) is 43.8 Å². The summed E-state index contributed by atoms with van der Waals surface area (Å²) in [4.78, 5) is 21.2. The van der Waals surface area contributed by atoms with Crippen LogP contribution in [0.15, 0.2) is 10.7 Å². The van der Waals surface area contributed by atoms with Gasteiger partial charge in [-0.15, -0.1) is 0 Å². The summed E-state index contributed by atoms with van der Waals surface area (Å²) in [5, 5.41) is 13.0. The molecule has 0 radical (unpaired) electrons. The normalized spacial score (nSPS) is 20.6. The Bertz CT molecular complexity index is 610. The Balaban J connectivity index is 1.36. The minimum absolute atomic E-state index is 0.140. The molecule has 164 valence electrons. The van der Waals surface area contributed by atoms with Crippen LogP contribution in [0.4, 0.5) is 0 Å². The molecular formula is C21H36N4O4. The SMILES string of the molecule is CCOCC(O)CN1CCN(Cc2nc(C(=O)NCC3CCCCC3)co2)CC1. The van der Waals surface area contributed by atoms with E-state index in [1.165, 1.54) is 38.4 Å². The average molecular weight is 409 g/mol. The van der Waals surface area contributed by atoms with Crippen LogP contribution in [-0.4, -0.2) is 84.4 Å². The minimum Gasteiger partial charge on any atom is -0.447 e. The summed E-state index contributed by atoms with van der Waals surface area (Å²) in [5.41, 5.74) is 0.369. The van der Waals surface area contributed by atoms with Gasteiger partial charge in [-0.05, 0) is 25.7 Å². The van der Waals surface area contributed by atoms with Crippen molar-refractivity contribution in [2.45, 2.75) is 51.7 Å². The summed E-state index contributed by atoms with van der Waals surface area (Å²) in [6.07, 6.45) is 7.30. The number of aromatic nitrogens is 1. The third-order valence-corrected chi connectivity index (χ3v) is 5.87. The fraction of sp³-hybridized carbons (Fsp3) is 0.810. The Morgan fingerprint density at radius 1 is 1.28 bits per heavy atom.